The predicted octanol–water partition coefficient (Wildman–Crippen LogP) is 2.10. The van der Waals surface area contributed by atoms with E-state index in [2.05, 4.69) is 10.6 Å². The Labute approximate surface area is 122 Å². The Balaban J connectivity index is 2.68. The van der Waals surface area contributed by atoms with Crippen LogP contribution in [0.5, 0.6) is 0 Å². The lowest BCUT2D eigenvalue weighted by Crippen LogP contribution is -2.51. The van der Waals surface area contributed by atoms with Crippen molar-refractivity contribution in [2.45, 2.75) is 37.1 Å². The number of carbonyl (C=O) groups excluding carboxylic acids is 1. The highest BCUT2D eigenvalue weighted by molar-refractivity contribution is 7.84. The standard InChI is InChI=1S/C14H22N2O3S/c1-4-14(5-2,10-17)16-13(18)15-11-6-8-12(9-7-11)20(3)19/h6-9,17H,4-5,10H2,1-3H3,(H2,15,16,18). The summed E-state index contributed by atoms with van der Waals surface area (Å²) in [4.78, 5) is 12.6. The lowest BCUT2D eigenvalue weighted by molar-refractivity contribution is 0.155. The average Bonchev–Trinajstić information content (AvgIpc) is 2.45. The van der Waals surface area contributed by atoms with E-state index in [1.807, 2.05) is 13.8 Å². The quantitative estimate of drug-likeness (QED) is 0.752. The van der Waals surface area contributed by atoms with E-state index >= 15 is 0 Å². The number of amides is 2. The molecule has 20 heavy (non-hydrogen) atoms. The predicted molar refractivity (Wildman–Crippen MR) is 81.3 cm³/mol. The Kier molecular flexibility index (Phi) is 6.16. The van der Waals surface area contributed by atoms with Crippen LogP contribution in [0, 0.1) is 0 Å². The first-order valence-corrected chi connectivity index (χ1v) is 8.15. The van der Waals surface area contributed by atoms with Crippen molar-refractivity contribution in [1.29, 1.82) is 0 Å². The summed E-state index contributed by atoms with van der Waals surface area (Å²) >= 11 is 0. The number of hydrogen-bond acceptors (Lipinski definition) is 3. The molecule has 0 radical (unpaired) electrons. The molecule has 0 spiro atoms. The number of aliphatic hydroxyl groups excluding tert-OH is 1. The second kappa shape index (κ2) is 7.40. The number of aliphatic hydroxyl groups is 1. The molecule has 1 atom stereocenters. The van der Waals surface area contributed by atoms with Crippen molar-refractivity contribution in [3.63, 3.8) is 0 Å². The monoisotopic (exact) mass is 298 g/mol. The molecule has 0 heterocycles. The highest BCUT2D eigenvalue weighted by Crippen LogP contribution is 2.15. The number of nitrogens with one attached hydrogen (secondary N) is 2. The molecular formula is C14H22N2O3S. The smallest absolute Gasteiger partial charge is 0.319 e. The van der Waals surface area contributed by atoms with Crippen LogP contribution in [-0.2, 0) is 10.8 Å². The van der Waals surface area contributed by atoms with Crippen LogP contribution >= 0.6 is 0 Å². The Hall–Kier alpha value is -1.40. The van der Waals surface area contributed by atoms with Crippen molar-refractivity contribution in [2.75, 3.05) is 18.2 Å². The zero-order chi connectivity index (χ0) is 15.2. The molecule has 0 aliphatic carbocycles. The minimum Gasteiger partial charge on any atom is -0.394 e. The van der Waals surface area contributed by atoms with Crippen molar-refractivity contribution in [1.82, 2.24) is 5.32 Å². The van der Waals surface area contributed by atoms with Gasteiger partial charge < -0.3 is 15.7 Å². The third kappa shape index (κ3) is 4.31. The minimum absolute atomic E-state index is 0.0961. The number of urea groups is 1. The van der Waals surface area contributed by atoms with Gasteiger partial charge in [0, 0.05) is 27.6 Å². The van der Waals surface area contributed by atoms with Crippen LogP contribution in [-0.4, -0.2) is 33.7 Å². The number of carbonyl (C=O) groups is 1. The van der Waals surface area contributed by atoms with E-state index in [0.717, 1.165) is 0 Å². The summed E-state index contributed by atoms with van der Waals surface area (Å²) in [5.74, 6) is 0. The Bertz CT molecular complexity index is 462. The first kappa shape index (κ1) is 16.7. The molecule has 1 rings (SSSR count). The van der Waals surface area contributed by atoms with Gasteiger partial charge in [-0.25, -0.2) is 4.79 Å². The molecule has 2 amide bonds. The van der Waals surface area contributed by atoms with Gasteiger partial charge in [0.1, 0.15) is 0 Å². The molecular weight excluding hydrogens is 276 g/mol. The van der Waals surface area contributed by atoms with Gasteiger partial charge in [-0.15, -0.1) is 0 Å². The molecule has 0 aliphatic heterocycles. The van der Waals surface area contributed by atoms with Crippen LogP contribution in [0.4, 0.5) is 10.5 Å². The topological polar surface area (TPSA) is 78.4 Å². The zero-order valence-electron chi connectivity index (χ0n) is 12.1. The van der Waals surface area contributed by atoms with Gasteiger partial charge in [0.15, 0.2) is 0 Å². The summed E-state index contributed by atoms with van der Waals surface area (Å²) in [5.41, 5.74) is 0.0327. The highest BCUT2D eigenvalue weighted by atomic mass is 32.2. The molecule has 0 fully saturated rings. The van der Waals surface area contributed by atoms with Gasteiger partial charge in [-0.2, -0.15) is 0 Å². The summed E-state index contributed by atoms with van der Waals surface area (Å²) in [6.45, 7) is 3.75. The molecule has 1 unspecified atom stereocenters. The van der Waals surface area contributed by atoms with E-state index in [1.54, 1.807) is 30.5 Å². The maximum absolute atomic E-state index is 11.9. The van der Waals surface area contributed by atoms with Crippen LogP contribution < -0.4 is 10.6 Å². The van der Waals surface area contributed by atoms with Crippen LogP contribution in [0.2, 0.25) is 0 Å². The minimum atomic E-state index is -1.03. The third-order valence-electron chi connectivity index (χ3n) is 3.48. The number of rotatable bonds is 6. The number of anilines is 1. The molecule has 5 nitrogen and oxygen atoms in total. The Morgan fingerprint density at radius 2 is 1.80 bits per heavy atom. The average molecular weight is 298 g/mol. The normalized spacial score (nSPS) is 12.8. The molecule has 3 N–H and O–H groups in total. The Morgan fingerprint density at radius 3 is 2.20 bits per heavy atom. The van der Waals surface area contributed by atoms with Gasteiger partial charge in [0.2, 0.25) is 0 Å². The number of hydrogen-bond donors (Lipinski definition) is 3. The van der Waals surface area contributed by atoms with Crippen molar-refractivity contribution in [2.24, 2.45) is 0 Å². The second-order valence-corrected chi connectivity index (χ2v) is 6.08. The molecule has 0 aromatic heterocycles. The molecule has 0 saturated heterocycles. The first-order chi connectivity index (χ1) is 9.46. The third-order valence-corrected chi connectivity index (χ3v) is 4.42. The van der Waals surface area contributed by atoms with Crippen LogP contribution in [0.25, 0.3) is 0 Å². The lowest BCUT2D eigenvalue weighted by Gasteiger charge is -2.30. The van der Waals surface area contributed by atoms with Gasteiger partial charge in [0.05, 0.1) is 12.1 Å². The van der Waals surface area contributed by atoms with E-state index in [1.165, 1.54) is 0 Å². The van der Waals surface area contributed by atoms with Crippen LogP contribution in [0.1, 0.15) is 26.7 Å². The van der Waals surface area contributed by atoms with Crippen LogP contribution in [0.15, 0.2) is 29.2 Å². The zero-order valence-corrected chi connectivity index (χ0v) is 12.9. The summed E-state index contributed by atoms with van der Waals surface area (Å²) in [6, 6.07) is 6.48. The molecule has 6 heteroatoms. The van der Waals surface area contributed by atoms with Gasteiger partial charge in [-0.3, -0.25) is 4.21 Å². The summed E-state index contributed by atoms with van der Waals surface area (Å²) in [6.07, 6.45) is 2.91. The fourth-order valence-corrected chi connectivity index (χ4v) is 2.34. The van der Waals surface area contributed by atoms with Crippen molar-refractivity contribution >= 4 is 22.5 Å². The molecule has 1 aromatic carbocycles. The molecule has 112 valence electrons. The van der Waals surface area contributed by atoms with Crippen molar-refractivity contribution in [3.8, 4) is 0 Å². The number of benzene rings is 1. The van der Waals surface area contributed by atoms with Gasteiger partial charge >= 0.3 is 6.03 Å². The van der Waals surface area contributed by atoms with E-state index in [9.17, 15) is 14.1 Å². The first-order valence-electron chi connectivity index (χ1n) is 6.60. The van der Waals surface area contributed by atoms with E-state index in [-0.39, 0.29) is 12.6 Å². The van der Waals surface area contributed by atoms with E-state index in [4.69, 9.17) is 0 Å². The SMILES string of the molecule is CCC(CC)(CO)NC(=O)Nc1ccc(S(C)=O)cc1. The Morgan fingerprint density at radius 1 is 1.25 bits per heavy atom. The lowest BCUT2D eigenvalue weighted by atomic mass is 9.94. The summed E-state index contributed by atoms with van der Waals surface area (Å²) in [5, 5.41) is 14.9. The highest BCUT2D eigenvalue weighted by Gasteiger charge is 2.27. The molecule has 0 aliphatic rings. The van der Waals surface area contributed by atoms with Crippen molar-refractivity contribution < 1.29 is 14.1 Å². The maximum Gasteiger partial charge on any atom is 0.319 e. The summed E-state index contributed by atoms with van der Waals surface area (Å²) in [7, 11) is -1.03. The fourth-order valence-electron chi connectivity index (χ4n) is 1.82. The van der Waals surface area contributed by atoms with Crippen LogP contribution in [0.3, 0.4) is 0 Å². The maximum atomic E-state index is 11.9. The van der Waals surface area contributed by atoms with Gasteiger partial charge in [-0.05, 0) is 37.1 Å². The van der Waals surface area contributed by atoms with Gasteiger partial charge in [-0.1, -0.05) is 13.8 Å². The largest absolute Gasteiger partial charge is 0.394 e. The molecule has 0 bridgehead atoms. The second-order valence-electron chi connectivity index (χ2n) is 4.70. The molecule has 1 aromatic rings. The molecule has 0 saturated carbocycles. The van der Waals surface area contributed by atoms with E-state index in [0.29, 0.717) is 23.4 Å². The van der Waals surface area contributed by atoms with E-state index < -0.39 is 16.3 Å². The fraction of sp³-hybridized carbons (Fsp3) is 0.500. The summed E-state index contributed by atoms with van der Waals surface area (Å²) < 4.78 is 11.3. The van der Waals surface area contributed by atoms with Crippen molar-refractivity contribution in [3.05, 3.63) is 24.3 Å². The van der Waals surface area contributed by atoms with Gasteiger partial charge in [0.25, 0.3) is 0 Å².